The van der Waals surface area contributed by atoms with Crippen LogP contribution in [0.15, 0.2) is 86.8 Å². The molecule has 44 heteroatoms. The fraction of sp³-hybridized carbons (Fsp3) is 0.529. The van der Waals surface area contributed by atoms with Gasteiger partial charge in [0.15, 0.2) is 53.7 Å². The maximum absolute atomic E-state index is 14.3. The number of halogens is 2. The Labute approximate surface area is 649 Å². The van der Waals surface area contributed by atoms with Crippen LogP contribution in [-0.2, 0) is 44.7 Å². The number of nitrogens with two attached hydrogens (primary N) is 8. The predicted octanol–water partition coefficient (Wildman–Crippen LogP) is -3.39. The average molecular weight is 1600 g/mol. The van der Waals surface area contributed by atoms with Gasteiger partial charge in [0.1, 0.15) is 88.6 Å². The first kappa shape index (κ1) is 86.1. The van der Waals surface area contributed by atoms with Crippen LogP contribution >= 0.6 is 0 Å². The molecule has 9 aromatic rings. The third-order valence-corrected chi connectivity index (χ3v) is 19.9. The van der Waals surface area contributed by atoms with Gasteiger partial charge in [-0.1, -0.05) is 46.1 Å². The van der Waals surface area contributed by atoms with E-state index in [1.54, 1.807) is 30.6 Å². The van der Waals surface area contributed by atoms with Gasteiger partial charge >= 0.3 is 0 Å². The highest BCUT2D eigenvalue weighted by Gasteiger charge is 2.52. The summed E-state index contributed by atoms with van der Waals surface area (Å²) in [7, 11) is 0. The summed E-state index contributed by atoms with van der Waals surface area (Å²) < 4.78 is 55.4. The number of carbonyl (C=O) groups excluding carboxylic acids is 4. The Morgan fingerprint density at radius 1 is 0.535 bits per heavy atom. The molecule has 13 heterocycles. The molecule has 620 valence electrons. The molecule has 0 bridgehead atoms. The van der Waals surface area contributed by atoms with Crippen molar-refractivity contribution in [3.05, 3.63) is 98.1 Å². The van der Waals surface area contributed by atoms with Gasteiger partial charge in [-0.25, -0.2) is 44.3 Å². The number of hydrogen-bond donors (Lipinski definition) is 20. The number of pyridine rings is 4. The van der Waals surface area contributed by atoms with Gasteiger partial charge in [-0.3, -0.25) is 46.8 Å². The van der Waals surface area contributed by atoms with Crippen molar-refractivity contribution in [1.82, 2.24) is 84.0 Å². The first-order valence-electron chi connectivity index (χ1n) is 36.9. The van der Waals surface area contributed by atoms with Gasteiger partial charge in [-0.2, -0.15) is 0 Å². The van der Waals surface area contributed by atoms with Gasteiger partial charge in [-0.15, -0.1) is 0 Å². The number of alkyl halides is 1. The van der Waals surface area contributed by atoms with E-state index in [2.05, 4.69) is 60.8 Å². The van der Waals surface area contributed by atoms with Crippen LogP contribution in [0.1, 0.15) is 103 Å². The van der Waals surface area contributed by atoms with E-state index in [1.165, 1.54) is 67.1 Å². The zero-order valence-electron chi connectivity index (χ0n) is 62.5. The van der Waals surface area contributed by atoms with E-state index >= 15 is 0 Å². The Balaban J connectivity index is 0.000000162. The van der Waals surface area contributed by atoms with Crippen molar-refractivity contribution in [3.8, 4) is 5.75 Å². The van der Waals surface area contributed by atoms with E-state index in [4.69, 9.17) is 64.8 Å². The Bertz CT molecular complexity index is 4650. The molecular weight excluding hydrogens is 1500 g/mol. The third-order valence-electron chi connectivity index (χ3n) is 19.9. The zero-order chi connectivity index (χ0) is 82.5. The number of amides is 4. The number of nitrogen functional groups attached to an aromatic ring is 4. The molecule has 0 aromatic carbocycles. The summed E-state index contributed by atoms with van der Waals surface area (Å²) in [6, 6.07) is 0.0735. The minimum absolute atomic E-state index is 0.0119. The first-order chi connectivity index (χ1) is 54.7. The Morgan fingerprint density at radius 3 is 1.54 bits per heavy atom. The van der Waals surface area contributed by atoms with Crippen LogP contribution in [0.3, 0.4) is 0 Å². The number of fused-ring (bicyclic) bond motifs is 4. The third kappa shape index (κ3) is 18.4. The lowest BCUT2D eigenvalue weighted by Crippen LogP contribution is -2.55. The lowest BCUT2D eigenvalue weighted by molar-refractivity contribution is -0.139. The zero-order valence-corrected chi connectivity index (χ0v) is 62.5. The molecule has 4 aliphatic heterocycles. The fourth-order valence-corrected chi connectivity index (χ4v) is 14.0. The molecule has 13 rings (SSSR count). The smallest absolute Gasteiger partial charge is 0.240 e. The number of aliphatic hydroxyl groups excluding tert-OH is 8. The molecule has 0 spiro atoms. The molecule has 114 heavy (non-hydrogen) atoms. The van der Waals surface area contributed by atoms with Crippen LogP contribution in [-0.4, -0.2) is 268 Å². The monoisotopic (exact) mass is 1600 g/mol. The number of aromatic hydroxyl groups is 1. The van der Waals surface area contributed by atoms with Crippen LogP contribution in [0.4, 0.5) is 31.8 Å². The van der Waals surface area contributed by atoms with Crippen LogP contribution < -0.4 is 61.8 Å². The van der Waals surface area contributed by atoms with Crippen molar-refractivity contribution in [2.24, 2.45) is 22.9 Å². The summed E-state index contributed by atoms with van der Waals surface area (Å²) in [6.45, 7) is 3.61. The molecule has 0 aliphatic carbocycles. The predicted molar refractivity (Wildman–Crippen MR) is 404 cm³/mol. The molecule has 0 saturated carbocycles. The summed E-state index contributed by atoms with van der Waals surface area (Å²) in [5, 5.41) is 101. The second-order valence-electron chi connectivity index (χ2n) is 27.7. The number of aliphatic hydroxyl groups is 8. The second-order valence-corrected chi connectivity index (χ2v) is 27.7. The molecule has 4 aliphatic rings. The van der Waals surface area contributed by atoms with Crippen molar-refractivity contribution in [2.75, 3.05) is 56.0 Å². The molecule has 20 atom stereocenters. The molecule has 0 radical (unpaired) electrons. The first-order valence-corrected chi connectivity index (χ1v) is 36.9. The van der Waals surface area contributed by atoms with E-state index in [1.807, 2.05) is 26.8 Å². The second kappa shape index (κ2) is 38.7. The number of carbonyl (C=O) groups is 4. The van der Waals surface area contributed by atoms with Crippen molar-refractivity contribution in [3.63, 3.8) is 0 Å². The van der Waals surface area contributed by atoms with Crippen LogP contribution in [0.2, 0.25) is 0 Å². The van der Waals surface area contributed by atoms with Crippen LogP contribution in [0.25, 0.3) is 44.4 Å². The van der Waals surface area contributed by atoms with Crippen molar-refractivity contribution in [1.29, 1.82) is 0 Å². The molecular formula is C70H99F2N25O17. The average Bonchev–Trinajstić information content (AvgIpc) is 1.59. The van der Waals surface area contributed by atoms with E-state index < -0.39 is 179 Å². The lowest BCUT2D eigenvalue weighted by atomic mass is 10.0. The van der Waals surface area contributed by atoms with E-state index in [9.17, 15) is 73.9 Å². The molecule has 4 fully saturated rings. The molecule has 4 saturated heterocycles. The van der Waals surface area contributed by atoms with E-state index in [0.29, 0.717) is 64.0 Å². The van der Waals surface area contributed by atoms with Gasteiger partial charge in [0.2, 0.25) is 23.6 Å². The van der Waals surface area contributed by atoms with Crippen molar-refractivity contribution >= 4 is 91.0 Å². The molecule has 8 unspecified atom stereocenters. The number of imidazole rings is 3. The van der Waals surface area contributed by atoms with Crippen molar-refractivity contribution < 1.29 is 92.9 Å². The standard InChI is InChI=1S/C21H28N8O4.C17H25N5O5.2C16H23FN6O4/c1-2-4-13(22)20(32)28(8-12-5-3-6-24-7-12)16-14(9-30)33-21(17(16)31)29-11-27-15-18(23)25-10-26-19(15)29;1-2-3-9(19)16(26)21-13-11(7-23)27-17(14(13)25)22-6-10(24)12-8(18)4-5-20-15(12)22;17-4-1-2-9(19)15(26)22-12-10(6-24)27-16(13(12)25)23-7-21-11-8(18)3-5-20-14(11)23;1-2-3-8(18)15(26)22-10-9(5-24)27-16(13(10)25)23-6-21-11-12(23)7(17)4-20-14(11)19/h3,5-7,10-11,13-14,16-17,21,30-31H,2,4,8-9,22H2,1H3,(H2,23,25,26);4-6,9,11,13-14,17,23-25H,2-3,7,19H2,1H3,(H2,18,20)(H,21,26);3,5,7,9-10,12-13,16,24-25H,1-2,4,6,19H2,(H2,18,20)(H,22,26);4,6,8-10,13,16,24-25H,2-3,5,18H2,1H3,(H2,19,20)(H,22,26)/t13?,14-,16?,17+,21-;9?,11-,13?,14+,17-;9?,10-,12?,13+,16-;8?,9-,10?,13+,16-/m1111/s1. The highest BCUT2D eigenvalue weighted by atomic mass is 19.1. The molecule has 28 N–H and O–H groups in total. The summed E-state index contributed by atoms with van der Waals surface area (Å²) >= 11 is 0. The highest BCUT2D eigenvalue weighted by molar-refractivity contribution is 5.94. The summed E-state index contributed by atoms with van der Waals surface area (Å²) in [4.78, 5) is 88.3. The summed E-state index contributed by atoms with van der Waals surface area (Å²) in [5.74, 6) is -2.34. The van der Waals surface area contributed by atoms with Gasteiger partial charge in [-0.05, 0) is 55.9 Å². The topological polar surface area (TPSA) is 670 Å². The van der Waals surface area contributed by atoms with Crippen LogP contribution in [0, 0.1) is 5.82 Å². The maximum atomic E-state index is 14.3. The minimum Gasteiger partial charge on any atom is -0.506 e. The number of hydrogen-bond acceptors (Lipinski definition) is 34. The van der Waals surface area contributed by atoms with Crippen molar-refractivity contribution in [2.45, 2.75) is 201 Å². The molecule has 42 nitrogen and oxygen atoms in total. The summed E-state index contributed by atoms with van der Waals surface area (Å²) in [5.41, 5.74) is 50.4. The quantitative estimate of drug-likeness (QED) is 0.0239. The lowest BCUT2D eigenvalue weighted by Gasteiger charge is -2.35. The SMILES string of the molecule is CCCC(N)C(=O)N(Cc1cccnc1)C1[C@@H](CO)O[C@@H](n2cnc3c(N)ncnc32)[C@H]1O.CCCC(N)C(=O)NC1[C@@H](CO)O[C@@H](n2cc(O)c3c(N)ccnc32)[C@H]1O.CCCC(N)C(=O)NC1[C@@H](CO)O[C@@H](n2cnc3c(N)ncc(F)c32)[C@H]1O.Nc1ccnc2c1ncn2[C@@H]1O[C@H](CO)C(NC(=O)C(N)CCCF)[C@@H]1O. The number of nitrogens with zero attached hydrogens (tertiary/aromatic N) is 14. The largest absolute Gasteiger partial charge is 0.506 e. The van der Waals surface area contributed by atoms with E-state index in [0.717, 1.165) is 31.0 Å². The number of anilines is 4. The van der Waals surface area contributed by atoms with Gasteiger partial charge < -0.3 is 132 Å². The Morgan fingerprint density at radius 2 is 1.00 bits per heavy atom. The normalized spacial score (nSPS) is 25.6. The highest BCUT2D eigenvalue weighted by Crippen LogP contribution is 2.40. The summed E-state index contributed by atoms with van der Waals surface area (Å²) in [6.07, 6.45) is 5.68. The van der Waals surface area contributed by atoms with E-state index in [-0.39, 0.29) is 53.7 Å². The van der Waals surface area contributed by atoms with Crippen LogP contribution in [0.5, 0.6) is 5.75 Å². The van der Waals surface area contributed by atoms with Gasteiger partial charge in [0.25, 0.3) is 0 Å². The number of aromatic nitrogens is 13. The Hall–Kier alpha value is -10.3. The fourth-order valence-electron chi connectivity index (χ4n) is 14.0. The molecule has 4 amide bonds. The number of nitrogens with one attached hydrogen (secondary N) is 3. The van der Waals surface area contributed by atoms with Gasteiger partial charge in [0, 0.05) is 37.0 Å². The van der Waals surface area contributed by atoms with Gasteiger partial charge in [0.05, 0.1) is 124 Å². The Kier molecular flexibility index (Phi) is 29.2. The number of ether oxygens (including phenoxy) is 4. The number of rotatable bonds is 27. The minimum atomic E-state index is -1.27. The molecule has 9 aromatic heterocycles. The maximum Gasteiger partial charge on any atom is 0.240 e.